The van der Waals surface area contributed by atoms with Crippen molar-refractivity contribution in [3.8, 4) is 0 Å². The summed E-state index contributed by atoms with van der Waals surface area (Å²) < 4.78 is 1.50. The SMILES string of the molecule is Nc1ccn(CC(=O)NC2(CO)CCCCC2)n1. The predicted molar refractivity (Wildman–Crippen MR) is 67.7 cm³/mol. The van der Waals surface area contributed by atoms with Crippen molar-refractivity contribution in [2.24, 2.45) is 0 Å². The molecule has 0 radical (unpaired) electrons. The molecule has 0 atom stereocenters. The number of rotatable bonds is 4. The Morgan fingerprint density at radius 1 is 1.50 bits per heavy atom. The molecule has 0 aromatic carbocycles. The van der Waals surface area contributed by atoms with Crippen molar-refractivity contribution in [1.29, 1.82) is 0 Å². The Labute approximate surface area is 106 Å². The van der Waals surface area contributed by atoms with Crippen molar-refractivity contribution in [1.82, 2.24) is 15.1 Å². The van der Waals surface area contributed by atoms with Crippen LogP contribution in [0.4, 0.5) is 5.82 Å². The van der Waals surface area contributed by atoms with Gasteiger partial charge in [0.25, 0.3) is 0 Å². The summed E-state index contributed by atoms with van der Waals surface area (Å²) in [7, 11) is 0. The van der Waals surface area contributed by atoms with Gasteiger partial charge in [0, 0.05) is 6.20 Å². The molecule has 0 spiro atoms. The monoisotopic (exact) mass is 252 g/mol. The summed E-state index contributed by atoms with van der Waals surface area (Å²) in [4.78, 5) is 11.9. The number of nitrogens with two attached hydrogens (primary N) is 1. The first-order valence-corrected chi connectivity index (χ1v) is 6.34. The maximum Gasteiger partial charge on any atom is 0.242 e. The number of hydrogen-bond donors (Lipinski definition) is 3. The first-order chi connectivity index (χ1) is 8.63. The Kier molecular flexibility index (Phi) is 3.86. The molecular formula is C12H20N4O2. The van der Waals surface area contributed by atoms with Crippen molar-refractivity contribution in [2.45, 2.75) is 44.2 Å². The molecule has 6 heteroatoms. The molecular weight excluding hydrogens is 232 g/mol. The van der Waals surface area contributed by atoms with Gasteiger partial charge in [-0.15, -0.1) is 0 Å². The molecule has 0 bridgehead atoms. The number of nitrogens with zero attached hydrogens (tertiary/aromatic N) is 2. The van der Waals surface area contributed by atoms with Gasteiger partial charge in [-0.1, -0.05) is 19.3 Å². The number of aromatic nitrogens is 2. The topological polar surface area (TPSA) is 93.2 Å². The lowest BCUT2D eigenvalue weighted by Crippen LogP contribution is -2.53. The maximum absolute atomic E-state index is 11.9. The minimum Gasteiger partial charge on any atom is -0.394 e. The summed E-state index contributed by atoms with van der Waals surface area (Å²) >= 11 is 0. The molecule has 1 aliphatic rings. The minimum atomic E-state index is -0.436. The smallest absolute Gasteiger partial charge is 0.242 e. The first kappa shape index (κ1) is 12.9. The number of hydrogen-bond acceptors (Lipinski definition) is 4. The third kappa shape index (κ3) is 3.01. The summed E-state index contributed by atoms with van der Waals surface area (Å²) in [6.45, 7) is 0.138. The quantitative estimate of drug-likeness (QED) is 0.717. The van der Waals surface area contributed by atoms with E-state index in [2.05, 4.69) is 10.4 Å². The van der Waals surface area contributed by atoms with E-state index in [1.165, 1.54) is 11.1 Å². The Morgan fingerprint density at radius 3 is 2.78 bits per heavy atom. The van der Waals surface area contributed by atoms with Gasteiger partial charge in [-0.05, 0) is 18.9 Å². The van der Waals surface area contributed by atoms with Gasteiger partial charge in [-0.3, -0.25) is 9.48 Å². The fourth-order valence-electron chi connectivity index (χ4n) is 2.50. The van der Waals surface area contributed by atoms with E-state index in [0.717, 1.165) is 25.7 Å². The minimum absolute atomic E-state index is 0.0000139. The molecule has 1 aromatic rings. The molecule has 1 fully saturated rings. The molecule has 0 unspecified atom stereocenters. The van der Waals surface area contributed by atoms with Crippen LogP contribution in [-0.4, -0.2) is 32.9 Å². The van der Waals surface area contributed by atoms with Crippen LogP contribution in [-0.2, 0) is 11.3 Å². The number of anilines is 1. The van der Waals surface area contributed by atoms with Crippen LogP contribution >= 0.6 is 0 Å². The highest BCUT2D eigenvalue weighted by molar-refractivity contribution is 5.76. The molecule has 0 aliphatic heterocycles. The first-order valence-electron chi connectivity index (χ1n) is 6.34. The number of amides is 1. The third-order valence-electron chi connectivity index (χ3n) is 3.48. The lowest BCUT2D eigenvalue weighted by Gasteiger charge is -2.36. The summed E-state index contributed by atoms with van der Waals surface area (Å²) in [6.07, 6.45) is 6.63. The van der Waals surface area contributed by atoms with Gasteiger partial charge in [0.1, 0.15) is 12.4 Å². The van der Waals surface area contributed by atoms with Gasteiger partial charge in [0.05, 0.1) is 12.1 Å². The highest BCUT2D eigenvalue weighted by atomic mass is 16.3. The molecule has 0 saturated heterocycles. The lowest BCUT2D eigenvalue weighted by molar-refractivity contribution is -0.125. The average Bonchev–Trinajstić information content (AvgIpc) is 2.75. The molecule has 1 aromatic heterocycles. The second-order valence-electron chi connectivity index (χ2n) is 4.99. The molecule has 1 aliphatic carbocycles. The summed E-state index contributed by atoms with van der Waals surface area (Å²) in [6, 6.07) is 1.65. The van der Waals surface area contributed by atoms with Crippen LogP contribution in [0.25, 0.3) is 0 Å². The van der Waals surface area contributed by atoms with Crippen molar-refractivity contribution in [3.05, 3.63) is 12.3 Å². The van der Waals surface area contributed by atoms with E-state index in [1.54, 1.807) is 12.3 Å². The van der Waals surface area contributed by atoms with Gasteiger partial charge in [0.2, 0.25) is 5.91 Å². The fraction of sp³-hybridized carbons (Fsp3) is 0.667. The zero-order valence-corrected chi connectivity index (χ0v) is 10.4. The molecule has 1 amide bonds. The Hall–Kier alpha value is -1.56. The Balaban J connectivity index is 1.93. The molecule has 1 saturated carbocycles. The standard InChI is InChI=1S/C12H20N4O2/c13-10-4-7-16(15-10)8-11(18)14-12(9-17)5-2-1-3-6-12/h4,7,17H,1-3,5-6,8-9H2,(H2,13,15)(H,14,18). The molecule has 2 rings (SSSR count). The number of aliphatic hydroxyl groups is 1. The second-order valence-corrected chi connectivity index (χ2v) is 4.99. The number of aliphatic hydroxyl groups excluding tert-OH is 1. The van der Waals surface area contributed by atoms with Gasteiger partial charge in [-0.25, -0.2) is 0 Å². The van der Waals surface area contributed by atoms with Gasteiger partial charge < -0.3 is 16.2 Å². The van der Waals surface area contributed by atoms with Crippen LogP contribution in [0.3, 0.4) is 0 Å². The van der Waals surface area contributed by atoms with E-state index >= 15 is 0 Å². The van der Waals surface area contributed by atoms with Crippen LogP contribution in [0.2, 0.25) is 0 Å². The fourth-order valence-corrected chi connectivity index (χ4v) is 2.50. The van der Waals surface area contributed by atoms with E-state index in [4.69, 9.17) is 5.73 Å². The highest BCUT2D eigenvalue weighted by Gasteiger charge is 2.32. The van der Waals surface area contributed by atoms with Crippen LogP contribution in [0.5, 0.6) is 0 Å². The van der Waals surface area contributed by atoms with E-state index in [-0.39, 0.29) is 19.1 Å². The van der Waals surface area contributed by atoms with Gasteiger partial charge in [0.15, 0.2) is 0 Å². The molecule has 1 heterocycles. The number of nitrogens with one attached hydrogen (secondary N) is 1. The van der Waals surface area contributed by atoms with E-state index in [0.29, 0.717) is 5.82 Å². The highest BCUT2D eigenvalue weighted by Crippen LogP contribution is 2.27. The van der Waals surface area contributed by atoms with Crippen molar-refractivity contribution >= 4 is 11.7 Å². The second kappa shape index (κ2) is 5.39. The summed E-state index contributed by atoms with van der Waals surface area (Å²) in [5.74, 6) is 0.270. The predicted octanol–water partition coefficient (Wildman–Crippen LogP) is 0.277. The normalized spacial score (nSPS) is 18.5. The number of carbonyl (C=O) groups is 1. The molecule has 18 heavy (non-hydrogen) atoms. The lowest BCUT2D eigenvalue weighted by atomic mass is 9.82. The molecule has 4 N–H and O–H groups in total. The van der Waals surface area contributed by atoms with Crippen LogP contribution < -0.4 is 11.1 Å². The third-order valence-corrected chi connectivity index (χ3v) is 3.48. The van der Waals surface area contributed by atoms with Gasteiger partial charge >= 0.3 is 0 Å². The largest absolute Gasteiger partial charge is 0.394 e. The van der Waals surface area contributed by atoms with Crippen LogP contribution in [0.15, 0.2) is 12.3 Å². The zero-order valence-electron chi connectivity index (χ0n) is 10.4. The molecule has 6 nitrogen and oxygen atoms in total. The van der Waals surface area contributed by atoms with Crippen molar-refractivity contribution in [3.63, 3.8) is 0 Å². The van der Waals surface area contributed by atoms with E-state index < -0.39 is 5.54 Å². The van der Waals surface area contributed by atoms with Crippen LogP contribution in [0.1, 0.15) is 32.1 Å². The van der Waals surface area contributed by atoms with E-state index in [1.807, 2.05) is 0 Å². The number of nitrogen functional groups attached to an aromatic ring is 1. The van der Waals surface area contributed by atoms with Crippen LogP contribution in [0, 0.1) is 0 Å². The van der Waals surface area contributed by atoms with E-state index in [9.17, 15) is 9.90 Å². The van der Waals surface area contributed by atoms with Crippen molar-refractivity contribution in [2.75, 3.05) is 12.3 Å². The number of carbonyl (C=O) groups excluding carboxylic acids is 1. The van der Waals surface area contributed by atoms with Crippen molar-refractivity contribution < 1.29 is 9.90 Å². The Bertz CT molecular complexity index is 410. The summed E-state index contributed by atoms with van der Waals surface area (Å²) in [5.41, 5.74) is 5.05. The average molecular weight is 252 g/mol. The van der Waals surface area contributed by atoms with Gasteiger partial charge in [-0.2, -0.15) is 5.10 Å². The zero-order chi connectivity index (χ0) is 13.0. The summed E-state index contributed by atoms with van der Waals surface area (Å²) in [5, 5.41) is 16.4. The molecule has 100 valence electrons. The Morgan fingerprint density at radius 2 is 2.22 bits per heavy atom. The maximum atomic E-state index is 11.9.